The molecule has 1 aliphatic rings. The second-order valence-electron chi connectivity index (χ2n) is 7.71. The Hall–Kier alpha value is -2.09. The Bertz CT molecular complexity index is 533. The minimum atomic E-state index is -0.554. The van der Waals surface area contributed by atoms with Gasteiger partial charge in [0.2, 0.25) is 5.91 Å². The smallest absolute Gasteiger partial charge is 0.407 e. The fourth-order valence-corrected chi connectivity index (χ4v) is 2.79. The Labute approximate surface area is 167 Å². The number of amides is 2. The first kappa shape index (κ1) is 23.9. The summed E-state index contributed by atoms with van der Waals surface area (Å²) in [7, 11) is 0. The van der Waals surface area contributed by atoms with Crippen LogP contribution in [0.5, 0.6) is 0 Å². The normalized spacial score (nSPS) is 19.9. The number of hydrogen-bond acceptors (Lipinski definition) is 6. The Balaban J connectivity index is 2.13. The minimum absolute atomic E-state index is 0.0854. The summed E-state index contributed by atoms with van der Waals surface area (Å²) >= 11 is 0. The quantitative estimate of drug-likeness (QED) is 0.457. The molecule has 1 aliphatic carbocycles. The Morgan fingerprint density at radius 1 is 1.11 bits per heavy atom. The number of hydrogen-bond donors (Lipinski definition) is 2. The first-order valence-electron chi connectivity index (χ1n) is 9.90. The number of rotatable bonds is 9. The molecule has 0 aromatic rings. The summed E-state index contributed by atoms with van der Waals surface area (Å²) in [4.78, 5) is 34.7. The van der Waals surface area contributed by atoms with Crippen molar-refractivity contribution in [3.8, 4) is 0 Å². The van der Waals surface area contributed by atoms with Crippen molar-refractivity contribution >= 4 is 18.0 Å². The number of alkyl carbamates (subject to hydrolysis) is 1. The molecule has 0 heterocycles. The van der Waals surface area contributed by atoms with Crippen molar-refractivity contribution in [1.29, 1.82) is 0 Å². The molecule has 0 bridgehead atoms. The molecule has 160 valence electrons. The topological polar surface area (TPSA) is 103 Å². The molecule has 28 heavy (non-hydrogen) atoms. The molecule has 0 atom stereocenters. The van der Waals surface area contributed by atoms with Gasteiger partial charge < -0.3 is 24.8 Å². The lowest BCUT2D eigenvalue weighted by molar-refractivity contribution is -0.137. The summed E-state index contributed by atoms with van der Waals surface area (Å²) < 4.78 is 15.6. The number of carbonyl (C=O) groups excluding carboxylic acids is 3. The Morgan fingerprint density at radius 2 is 1.79 bits per heavy atom. The van der Waals surface area contributed by atoms with E-state index in [2.05, 4.69) is 10.6 Å². The molecular weight excluding hydrogens is 364 g/mol. The average molecular weight is 399 g/mol. The molecule has 2 N–H and O–H groups in total. The minimum Gasteiger partial charge on any atom is -0.463 e. The predicted molar refractivity (Wildman–Crippen MR) is 105 cm³/mol. The van der Waals surface area contributed by atoms with Gasteiger partial charge in [0.25, 0.3) is 0 Å². The van der Waals surface area contributed by atoms with Crippen LogP contribution in [0, 0.1) is 0 Å². The highest BCUT2D eigenvalue weighted by molar-refractivity contribution is 5.81. The first-order valence-corrected chi connectivity index (χ1v) is 9.90. The van der Waals surface area contributed by atoms with Crippen LogP contribution in [0.4, 0.5) is 4.79 Å². The van der Waals surface area contributed by atoms with E-state index in [4.69, 9.17) is 14.2 Å². The standard InChI is InChI=1S/C20H34N2O6/c1-5-26-18(24)7-6-14-27-16-10-8-15(9-11-16)22-17(23)12-13-21-19(25)28-20(2,3)4/h6-7,15-16H,5,8-14H2,1-4H3,(H,21,25)(H,22,23)/b7-6+/t15-,16-. The van der Waals surface area contributed by atoms with Crippen LogP contribution in [0.1, 0.15) is 59.8 Å². The Morgan fingerprint density at radius 3 is 2.39 bits per heavy atom. The molecule has 2 amide bonds. The highest BCUT2D eigenvalue weighted by Crippen LogP contribution is 2.21. The second kappa shape index (κ2) is 12.4. The van der Waals surface area contributed by atoms with E-state index in [0.29, 0.717) is 13.2 Å². The number of nitrogens with one attached hydrogen (secondary N) is 2. The molecule has 0 aliphatic heterocycles. The lowest BCUT2D eigenvalue weighted by atomic mass is 9.93. The van der Waals surface area contributed by atoms with Crippen LogP contribution in [0.25, 0.3) is 0 Å². The lowest BCUT2D eigenvalue weighted by Crippen LogP contribution is -2.41. The van der Waals surface area contributed by atoms with Crippen LogP contribution in [-0.2, 0) is 23.8 Å². The predicted octanol–water partition coefficient (Wildman–Crippen LogP) is 2.46. The average Bonchev–Trinajstić information content (AvgIpc) is 2.59. The molecule has 8 heteroatoms. The van der Waals surface area contributed by atoms with Crippen molar-refractivity contribution in [3.63, 3.8) is 0 Å². The molecule has 0 unspecified atom stereocenters. The molecule has 0 aromatic carbocycles. The molecule has 0 saturated heterocycles. The third-order valence-electron chi connectivity index (χ3n) is 4.03. The van der Waals surface area contributed by atoms with Crippen LogP contribution in [0.3, 0.4) is 0 Å². The van der Waals surface area contributed by atoms with Gasteiger partial charge in [-0.3, -0.25) is 4.79 Å². The van der Waals surface area contributed by atoms with Crippen LogP contribution < -0.4 is 10.6 Å². The van der Waals surface area contributed by atoms with Gasteiger partial charge in [-0.25, -0.2) is 9.59 Å². The molecule has 0 radical (unpaired) electrons. The van der Waals surface area contributed by atoms with Gasteiger partial charge in [-0.15, -0.1) is 0 Å². The molecule has 0 spiro atoms. The van der Waals surface area contributed by atoms with Gasteiger partial charge in [0.15, 0.2) is 0 Å². The molecule has 1 rings (SSSR count). The van der Waals surface area contributed by atoms with E-state index in [1.54, 1.807) is 33.8 Å². The third-order valence-corrected chi connectivity index (χ3v) is 4.03. The van der Waals surface area contributed by atoms with Crippen molar-refractivity contribution < 1.29 is 28.6 Å². The second-order valence-corrected chi connectivity index (χ2v) is 7.71. The number of esters is 1. The zero-order valence-corrected chi connectivity index (χ0v) is 17.4. The van der Waals surface area contributed by atoms with Gasteiger partial charge in [-0.2, -0.15) is 0 Å². The van der Waals surface area contributed by atoms with Crippen molar-refractivity contribution in [1.82, 2.24) is 10.6 Å². The summed E-state index contributed by atoms with van der Waals surface area (Å²) in [6.45, 7) is 8.10. The van der Waals surface area contributed by atoms with Crippen molar-refractivity contribution in [2.75, 3.05) is 19.8 Å². The van der Waals surface area contributed by atoms with Gasteiger partial charge in [-0.05, 0) is 53.4 Å². The van der Waals surface area contributed by atoms with Crippen LogP contribution in [-0.4, -0.2) is 55.5 Å². The maximum atomic E-state index is 12.0. The van der Waals surface area contributed by atoms with Crippen LogP contribution >= 0.6 is 0 Å². The largest absolute Gasteiger partial charge is 0.463 e. The van der Waals surface area contributed by atoms with Gasteiger partial charge in [-0.1, -0.05) is 6.08 Å². The van der Waals surface area contributed by atoms with Gasteiger partial charge in [0.1, 0.15) is 5.60 Å². The molecule has 1 saturated carbocycles. The van der Waals surface area contributed by atoms with Crippen LogP contribution in [0.15, 0.2) is 12.2 Å². The van der Waals surface area contributed by atoms with Gasteiger partial charge in [0, 0.05) is 25.1 Å². The van der Waals surface area contributed by atoms with E-state index in [1.807, 2.05) is 0 Å². The van der Waals surface area contributed by atoms with Crippen molar-refractivity contribution in [2.45, 2.75) is 77.5 Å². The zero-order valence-electron chi connectivity index (χ0n) is 17.4. The maximum absolute atomic E-state index is 12.0. The highest BCUT2D eigenvalue weighted by Gasteiger charge is 2.22. The third kappa shape index (κ3) is 11.6. The summed E-state index contributed by atoms with van der Waals surface area (Å²) in [5, 5.41) is 5.57. The zero-order chi connectivity index (χ0) is 21.0. The Kier molecular flexibility index (Phi) is 10.6. The van der Waals surface area contributed by atoms with Crippen molar-refractivity contribution in [3.05, 3.63) is 12.2 Å². The number of ether oxygens (including phenoxy) is 3. The molecule has 8 nitrogen and oxygen atoms in total. The first-order chi connectivity index (χ1) is 13.2. The summed E-state index contributed by atoms with van der Waals surface area (Å²) in [5.41, 5.74) is -0.554. The monoisotopic (exact) mass is 398 g/mol. The van der Waals surface area contributed by atoms with E-state index in [9.17, 15) is 14.4 Å². The number of carbonyl (C=O) groups is 3. The van der Waals surface area contributed by atoms with E-state index >= 15 is 0 Å². The maximum Gasteiger partial charge on any atom is 0.407 e. The fourth-order valence-electron chi connectivity index (χ4n) is 2.79. The molecule has 1 fully saturated rings. The van der Waals surface area contributed by atoms with Gasteiger partial charge >= 0.3 is 12.1 Å². The van der Waals surface area contributed by atoms with E-state index in [1.165, 1.54) is 6.08 Å². The van der Waals surface area contributed by atoms with E-state index in [0.717, 1.165) is 25.7 Å². The van der Waals surface area contributed by atoms with Crippen molar-refractivity contribution in [2.24, 2.45) is 0 Å². The fraction of sp³-hybridized carbons (Fsp3) is 0.750. The lowest BCUT2D eigenvalue weighted by Gasteiger charge is -2.29. The summed E-state index contributed by atoms with van der Waals surface area (Å²) in [5.74, 6) is -0.448. The summed E-state index contributed by atoms with van der Waals surface area (Å²) in [6, 6.07) is 0.129. The molecular formula is C20H34N2O6. The highest BCUT2D eigenvalue weighted by atomic mass is 16.6. The molecule has 0 aromatic heterocycles. The van der Waals surface area contributed by atoms with Crippen LogP contribution in [0.2, 0.25) is 0 Å². The van der Waals surface area contributed by atoms with Gasteiger partial charge in [0.05, 0.1) is 19.3 Å². The van der Waals surface area contributed by atoms with E-state index in [-0.39, 0.29) is 37.0 Å². The SMILES string of the molecule is CCOC(=O)/C=C/CO[C@H]1CC[C@H](NC(=O)CCNC(=O)OC(C)(C)C)CC1. The summed E-state index contributed by atoms with van der Waals surface area (Å²) in [6.07, 6.45) is 6.26. The van der Waals surface area contributed by atoms with E-state index < -0.39 is 11.7 Å².